The fourth-order valence-electron chi connectivity index (χ4n) is 3.35. The number of aliphatic hydroxyl groups is 1. The van der Waals surface area contributed by atoms with E-state index in [-0.39, 0.29) is 11.5 Å². The minimum Gasteiger partial charge on any atom is -0.392 e. The molecule has 0 radical (unpaired) electrons. The van der Waals surface area contributed by atoms with Crippen LogP contribution in [0.3, 0.4) is 0 Å². The van der Waals surface area contributed by atoms with Crippen LogP contribution in [0.2, 0.25) is 0 Å². The smallest absolute Gasteiger partial charge is 0.0631 e. The van der Waals surface area contributed by atoms with E-state index in [1.54, 1.807) is 5.57 Å². The van der Waals surface area contributed by atoms with Crippen molar-refractivity contribution in [1.82, 2.24) is 0 Å². The lowest BCUT2D eigenvalue weighted by molar-refractivity contribution is 0.0498. The van der Waals surface area contributed by atoms with Gasteiger partial charge in [0.1, 0.15) is 0 Å². The van der Waals surface area contributed by atoms with Crippen LogP contribution in [0.1, 0.15) is 66.7 Å². The number of aliphatic hydroxyl groups excluding tert-OH is 1. The Morgan fingerprint density at radius 1 is 1.38 bits per heavy atom. The van der Waals surface area contributed by atoms with Crippen molar-refractivity contribution in [3.8, 4) is 0 Å². The molecule has 2 unspecified atom stereocenters. The summed E-state index contributed by atoms with van der Waals surface area (Å²) in [5, 5.41) is 10.2. The second-order valence-electron chi connectivity index (χ2n) is 5.86. The SMILES string of the molecule is CCCC(CC)C1=C(C)CCC(O)C1(C)C. The van der Waals surface area contributed by atoms with E-state index in [0.29, 0.717) is 5.92 Å². The zero-order valence-electron chi connectivity index (χ0n) is 11.6. The van der Waals surface area contributed by atoms with Crippen molar-refractivity contribution >= 4 is 0 Å². The van der Waals surface area contributed by atoms with Crippen molar-refractivity contribution in [3.63, 3.8) is 0 Å². The van der Waals surface area contributed by atoms with Gasteiger partial charge in [0.15, 0.2) is 0 Å². The van der Waals surface area contributed by atoms with E-state index >= 15 is 0 Å². The molecule has 1 aliphatic rings. The van der Waals surface area contributed by atoms with Gasteiger partial charge >= 0.3 is 0 Å². The third-order valence-electron chi connectivity index (χ3n) is 4.32. The molecule has 0 aromatic rings. The molecule has 0 aliphatic heterocycles. The topological polar surface area (TPSA) is 20.2 Å². The van der Waals surface area contributed by atoms with Crippen LogP contribution in [-0.2, 0) is 0 Å². The molecular formula is C15H28O. The van der Waals surface area contributed by atoms with Gasteiger partial charge in [0.05, 0.1) is 6.10 Å². The maximum Gasteiger partial charge on any atom is 0.0631 e. The summed E-state index contributed by atoms with van der Waals surface area (Å²) in [7, 11) is 0. The lowest BCUT2D eigenvalue weighted by atomic mass is 9.65. The molecule has 0 fully saturated rings. The van der Waals surface area contributed by atoms with Crippen molar-refractivity contribution in [2.24, 2.45) is 11.3 Å². The summed E-state index contributed by atoms with van der Waals surface area (Å²) in [4.78, 5) is 0. The van der Waals surface area contributed by atoms with Gasteiger partial charge in [-0.1, -0.05) is 45.3 Å². The van der Waals surface area contributed by atoms with Crippen molar-refractivity contribution in [1.29, 1.82) is 0 Å². The molecule has 94 valence electrons. The molecule has 1 N–H and O–H groups in total. The van der Waals surface area contributed by atoms with Gasteiger partial charge in [-0.15, -0.1) is 0 Å². The summed E-state index contributed by atoms with van der Waals surface area (Å²) in [5.74, 6) is 0.676. The standard InChI is InChI=1S/C15H28O/c1-6-8-12(7-2)14-11(3)9-10-13(16)15(14,4)5/h12-13,16H,6-10H2,1-5H3. The fraction of sp³-hybridized carbons (Fsp3) is 0.867. The molecule has 0 amide bonds. The van der Waals surface area contributed by atoms with Gasteiger partial charge in [0, 0.05) is 5.41 Å². The molecule has 1 aliphatic carbocycles. The van der Waals surface area contributed by atoms with Crippen molar-refractivity contribution in [3.05, 3.63) is 11.1 Å². The van der Waals surface area contributed by atoms with Gasteiger partial charge in [-0.2, -0.15) is 0 Å². The predicted octanol–water partition coefficient (Wildman–Crippen LogP) is 4.31. The molecule has 0 aromatic carbocycles. The van der Waals surface area contributed by atoms with Crippen LogP contribution in [0.5, 0.6) is 0 Å². The molecular weight excluding hydrogens is 196 g/mol. The first-order valence-corrected chi connectivity index (χ1v) is 6.83. The molecule has 0 saturated heterocycles. The number of allylic oxidation sites excluding steroid dienone is 1. The molecule has 0 spiro atoms. The molecule has 1 heteroatoms. The monoisotopic (exact) mass is 224 g/mol. The first-order chi connectivity index (χ1) is 7.45. The summed E-state index contributed by atoms with van der Waals surface area (Å²) < 4.78 is 0. The normalized spacial score (nSPS) is 27.0. The second kappa shape index (κ2) is 5.35. The van der Waals surface area contributed by atoms with E-state index in [9.17, 15) is 5.11 Å². The van der Waals surface area contributed by atoms with Crippen LogP contribution in [0.15, 0.2) is 11.1 Å². The quantitative estimate of drug-likeness (QED) is 0.705. The van der Waals surface area contributed by atoms with Crippen LogP contribution in [0.25, 0.3) is 0 Å². The van der Waals surface area contributed by atoms with Crippen molar-refractivity contribution in [2.45, 2.75) is 72.8 Å². The highest BCUT2D eigenvalue weighted by Crippen LogP contribution is 2.46. The van der Waals surface area contributed by atoms with Crippen LogP contribution >= 0.6 is 0 Å². The first kappa shape index (κ1) is 13.8. The Kier molecular flexibility index (Phi) is 4.61. The zero-order chi connectivity index (χ0) is 12.3. The van der Waals surface area contributed by atoms with Crippen molar-refractivity contribution in [2.75, 3.05) is 0 Å². The highest BCUT2D eigenvalue weighted by Gasteiger charge is 2.38. The average Bonchev–Trinajstić information content (AvgIpc) is 2.22. The van der Waals surface area contributed by atoms with Crippen LogP contribution < -0.4 is 0 Å². The average molecular weight is 224 g/mol. The van der Waals surface area contributed by atoms with Gasteiger partial charge in [-0.3, -0.25) is 0 Å². The number of hydrogen-bond acceptors (Lipinski definition) is 1. The lowest BCUT2D eigenvalue weighted by Gasteiger charge is -2.42. The Hall–Kier alpha value is -0.300. The largest absolute Gasteiger partial charge is 0.392 e. The predicted molar refractivity (Wildman–Crippen MR) is 70.4 cm³/mol. The summed E-state index contributed by atoms with van der Waals surface area (Å²) in [6.07, 6.45) is 5.57. The Morgan fingerprint density at radius 3 is 2.50 bits per heavy atom. The third kappa shape index (κ3) is 2.51. The van der Waals surface area contributed by atoms with Gasteiger partial charge in [-0.05, 0) is 38.5 Å². The Morgan fingerprint density at radius 2 is 2.00 bits per heavy atom. The Labute approximate surface area is 101 Å². The zero-order valence-corrected chi connectivity index (χ0v) is 11.6. The minimum atomic E-state index is -0.155. The fourth-order valence-corrected chi connectivity index (χ4v) is 3.35. The molecule has 1 rings (SSSR count). The number of hydrogen-bond donors (Lipinski definition) is 1. The Balaban J connectivity index is 3.04. The highest BCUT2D eigenvalue weighted by atomic mass is 16.3. The molecule has 0 aromatic heterocycles. The maximum absolute atomic E-state index is 10.2. The van der Waals surface area contributed by atoms with E-state index < -0.39 is 0 Å². The molecule has 2 atom stereocenters. The molecule has 1 nitrogen and oxygen atoms in total. The second-order valence-corrected chi connectivity index (χ2v) is 5.86. The minimum absolute atomic E-state index is 0.0157. The Bertz CT molecular complexity index is 263. The van der Waals surface area contributed by atoms with Gasteiger partial charge < -0.3 is 5.11 Å². The summed E-state index contributed by atoms with van der Waals surface area (Å²) in [6, 6.07) is 0. The third-order valence-corrected chi connectivity index (χ3v) is 4.32. The van der Waals surface area contributed by atoms with E-state index in [0.717, 1.165) is 12.8 Å². The lowest BCUT2D eigenvalue weighted by Crippen LogP contribution is -2.37. The molecule has 0 heterocycles. The maximum atomic E-state index is 10.2. The van der Waals surface area contributed by atoms with Crippen LogP contribution in [0.4, 0.5) is 0 Å². The van der Waals surface area contributed by atoms with Crippen LogP contribution in [-0.4, -0.2) is 11.2 Å². The summed E-state index contributed by atoms with van der Waals surface area (Å²) >= 11 is 0. The summed E-state index contributed by atoms with van der Waals surface area (Å²) in [5.41, 5.74) is 3.07. The highest BCUT2D eigenvalue weighted by molar-refractivity contribution is 5.27. The van der Waals surface area contributed by atoms with E-state index in [4.69, 9.17) is 0 Å². The van der Waals surface area contributed by atoms with Gasteiger partial charge in [0.25, 0.3) is 0 Å². The van der Waals surface area contributed by atoms with Crippen molar-refractivity contribution < 1.29 is 5.11 Å². The van der Waals surface area contributed by atoms with E-state index in [2.05, 4.69) is 34.6 Å². The molecule has 0 saturated carbocycles. The summed E-state index contributed by atoms with van der Waals surface area (Å²) in [6.45, 7) is 11.2. The van der Waals surface area contributed by atoms with E-state index in [1.807, 2.05) is 0 Å². The van der Waals surface area contributed by atoms with Crippen LogP contribution in [0, 0.1) is 11.3 Å². The number of rotatable bonds is 4. The van der Waals surface area contributed by atoms with Gasteiger partial charge in [0.2, 0.25) is 0 Å². The first-order valence-electron chi connectivity index (χ1n) is 6.83. The molecule has 16 heavy (non-hydrogen) atoms. The van der Waals surface area contributed by atoms with E-state index in [1.165, 1.54) is 24.8 Å². The van der Waals surface area contributed by atoms with Gasteiger partial charge in [-0.25, -0.2) is 0 Å². The molecule has 0 bridgehead atoms.